The third-order valence-corrected chi connectivity index (χ3v) is 4.49. The lowest BCUT2D eigenvalue weighted by molar-refractivity contribution is -0.121. The molecule has 0 aliphatic carbocycles. The van der Waals surface area contributed by atoms with Gasteiger partial charge in [-0.05, 0) is 24.4 Å². The monoisotopic (exact) mass is 356 g/mol. The van der Waals surface area contributed by atoms with Gasteiger partial charge in [0.05, 0.1) is 11.8 Å². The standard InChI is InChI=1S/C17H16N4O3S/c1-2-21-17(24)13-8-4-3-7-12(13)15(20-21)16(23)19-18-14(22)10-11-6-5-9-25-11/h3-9H,2,10H2,1H3,(H,18,22)(H,19,23). The van der Waals surface area contributed by atoms with Gasteiger partial charge in [-0.15, -0.1) is 11.3 Å². The minimum Gasteiger partial charge on any atom is -0.273 e. The van der Waals surface area contributed by atoms with Crippen LogP contribution < -0.4 is 16.4 Å². The number of aryl methyl sites for hydroxylation is 1. The SMILES string of the molecule is CCn1nc(C(=O)NNC(=O)Cc2cccs2)c2ccccc2c1=O. The van der Waals surface area contributed by atoms with Gasteiger partial charge in [-0.25, -0.2) is 4.68 Å². The number of nitrogens with zero attached hydrogens (tertiary/aromatic N) is 2. The van der Waals surface area contributed by atoms with Crippen LogP contribution in [0.15, 0.2) is 46.6 Å². The number of amides is 2. The van der Waals surface area contributed by atoms with Crippen molar-refractivity contribution in [1.29, 1.82) is 0 Å². The number of hydrogen-bond donors (Lipinski definition) is 2. The predicted molar refractivity (Wildman–Crippen MR) is 95.3 cm³/mol. The fourth-order valence-electron chi connectivity index (χ4n) is 2.42. The molecule has 2 amide bonds. The number of hydrazine groups is 1. The quantitative estimate of drug-likeness (QED) is 0.693. The van der Waals surface area contributed by atoms with Crippen molar-refractivity contribution in [3.05, 3.63) is 62.7 Å². The first-order valence-electron chi connectivity index (χ1n) is 7.71. The zero-order chi connectivity index (χ0) is 17.8. The van der Waals surface area contributed by atoms with Crippen LogP contribution in [0, 0.1) is 0 Å². The molecule has 0 fully saturated rings. The summed E-state index contributed by atoms with van der Waals surface area (Å²) in [7, 11) is 0. The molecule has 3 aromatic rings. The van der Waals surface area contributed by atoms with Gasteiger partial charge in [-0.2, -0.15) is 5.10 Å². The van der Waals surface area contributed by atoms with E-state index in [0.717, 1.165) is 4.88 Å². The number of benzene rings is 1. The maximum atomic E-state index is 12.4. The first-order chi connectivity index (χ1) is 12.1. The molecule has 0 saturated carbocycles. The van der Waals surface area contributed by atoms with E-state index in [1.54, 1.807) is 31.2 Å². The molecule has 25 heavy (non-hydrogen) atoms. The van der Waals surface area contributed by atoms with Crippen molar-refractivity contribution in [3.63, 3.8) is 0 Å². The van der Waals surface area contributed by atoms with Gasteiger partial charge in [0.25, 0.3) is 11.5 Å². The number of thiophene rings is 1. The van der Waals surface area contributed by atoms with Crippen molar-refractivity contribution in [2.24, 2.45) is 0 Å². The molecule has 0 bridgehead atoms. The van der Waals surface area contributed by atoms with Crippen LogP contribution in [-0.2, 0) is 17.8 Å². The Morgan fingerprint density at radius 1 is 1.12 bits per heavy atom. The molecule has 8 heteroatoms. The minimum atomic E-state index is -0.571. The molecule has 128 valence electrons. The average Bonchev–Trinajstić information content (AvgIpc) is 3.13. The smallest absolute Gasteiger partial charge is 0.273 e. The van der Waals surface area contributed by atoms with Crippen molar-refractivity contribution >= 4 is 33.9 Å². The summed E-state index contributed by atoms with van der Waals surface area (Å²) < 4.78 is 1.23. The Bertz CT molecular complexity index is 979. The molecule has 3 rings (SSSR count). The first-order valence-corrected chi connectivity index (χ1v) is 8.59. The lowest BCUT2D eigenvalue weighted by atomic mass is 10.1. The van der Waals surface area contributed by atoms with E-state index in [9.17, 15) is 14.4 Å². The van der Waals surface area contributed by atoms with Crippen molar-refractivity contribution in [2.75, 3.05) is 0 Å². The molecule has 2 N–H and O–H groups in total. The minimum absolute atomic E-state index is 0.0912. The Morgan fingerprint density at radius 2 is 1.88 bits per heavy atom. The number of nitrogens with one attached hydrogen (secondary N) is 2. The van der Waals surface area contributed by atoms with Crippen LogP contribution in [0.5, 0.6) is 0 Å². The summed E-state index contributed by atoms with van der Waals surface area (Å²) in [5, 5.41) is 6.85. The van der Waals surface area contributed by atoms with Crippen LogP contribution in [0.4, 0.5) is 0 Å². The van der Waals surface area contributed by atoms with Crippen LogP contribution in [0.1, 0.15) is 22.3 Å². The Kier molecular flexibility index (Phi) is 4.90. The molecule has 0 unspecified atom stereocenters. The number of rotatable bonds is 4. The van der Waals surface area contributed by atoms with Crippen LogP contribution in [0.25, 0.3) is 10.8 Å². The van der Waals surface area contributed by atoms with Gasteiger partial charge in [0, 0.05) is 16.8 Å². The van der Waals surface area contributed by atoms with Gasteiger partial charge in [0.2, 0.25) is 5.91 Å². The highest BCUT2D eigenvalue weighted by Crippen LogP contribution is 2.13. The molecule has 2 aromatic heterocycles. The van der Waals surface area contributed by atoms with Gasteiger partial charge < -0.3 is 0 Å². The van der Waals surface area contributed by atoms with E-state index >= 15 is 0 Å². The molecule has 0 aliphatic rings. The second kappa shape index (κ2) is 7.27. The molecular weight excluding hydrogens is 340 g/mol. The molecule has 1 aromatic carbocycles. The predicted octanol–water partition coefficient (Wildman–Crippen LogP) is 1.48. The second-order valence-corrected chi connectivity index (χ2v) is 6.31. The van der Waals surface area contributed by atoms with Crippen LogP contribution in [0.3, 0.4) is 0 Å². The number of fused-ring (bicyclic) bond motifs is 1. The van der Waals surface area contributed by atoms with E-state index in [1.165, 1.54) is 16.0 Å². The summed E-state index contributed by atoms with van der Waals surface area (Å²) in [6.45, 7) is 2.11. The molecule has 0 spiro atoms. The fourth-order valence-corrected chi connectivity index (χ4v) is 3.12. The Balaban J connectivity index is 1.81. The van der Waals surface area contributed by atoms with Crippen molar-refractivity contribution < 1.29 is 9.59 Å². The van der Waals surface area contributed by atoms with E-state index < -0.39 is 5.91 Å². The highest BCUT2D eigenvalue weighted by Gasteiger charge is 2.16. The van der Waals surface area contributed by atoms with Crippen LogP contribution in [-0.4, -0.2) is 21.6 Å². The van der Waals surface area contributed by atoms with E-state index in [0.29, 0.717) is 17.3 Å². The third kappa shape index (κ3) is 3.58. The largest absolute Gasteiger partial charge is 0.290 e. The molecular formula is C17H16N4O3S. The lowest BCUT2D eigenvalue weighted by Crippen LogP contribution is -2.43. The number of hydrogen-bond acceptors (Lipinski definition) is 5. The van der Waals surface area contributed by atoms with Gasteiger partial charge in [0.1, 0.15) is 0 Å². The van der Waals surface area contributed by atoms with Crippen molar-refractivity contribution in [1.82, 2.24) is 20.6 Å². The lowest BCUT2D eigenvalue weighted by Gasteiger charge is -2.10. The van der Waals surface area contributed by atoms with Gasteiger partial charge in [-0.1, -0.05) is 24.3 Å². The summed E-state index contributed by atoms with van der Waals surface area (Å²) >= 11 is 1.47. The summed E-state index contributed by atoms with van der Waals surface area (Å²) in [5.41, 5.74) is 4.58. The summed E-state index contributed by atoms with van der Waals surface area (Å²) in [6.07, 6.45) is 0.181. The topological polar surface area (TPSA) is 93.1 Å². The highest BCUT2D eigenvalue weighted by molar-refractivity contribution is 7.10. The van der Waals surface area contributed by atoms with Crippen LogP contribution >= 0.6 is 11.3 Å². The maximum Gasteiger partial charge on any atom is 0.290 e. The number of aromatic nitrogens is 2. The van der Waals surface area contributed by atoms with Gasteiger partial charge in [-0.3, -0.25) is 25.2 Å². The summed E-state index contributed by atoms with van der Waals surface area (Å²) in [4.78, 5) is 37.5. The Labute approximate surface area is 147 Å². The third-order valence-electron chi connectivity index (χ3n) is 3.61. The first kappa shape index (κ1) is 16.8. The number of carbonyl (C=O) groups excluding carboxylic acids is 2. The van der Waals surface area contributed by atoms with Gasteiger partial charge in [0.15, 0.2) is 5.69 Å². The molecule has 0 radical (unpaired) electrons. The summed E-state index contributed by atoms with van der Waals surface area (Å²) in [5.74, 6) is -0.901. The maximum absolute atomic E-state index is 12.4. The molecule has 0 atom stereocenters. The van der Waals surface area contributed by atoms with Crippen molar-refractivity contribution in [2.45, 2.75) is 19.9 Å². The Hall–Kier alpha value is -3.00. The highest BCUT2D eigenvalue weighted by atomic mass is 32.1. The molecule has 2 heterocycles. The van der Waals surface area contributed by atoms with Gasteiger partial charge >= 0.3 is 0 Å². The van der Waals surface area contributed by atoms with E-state index in [1.807, 2.05) is 17.5 Å². The summed E-state index contributed by atoms with van der Waals surface area (Å²) in [6, 6.07) is 10.5. The Morgan fingerprint density at radius 3 is 2.56 bits per heavy atom. The molecule has 0 aliphatic heterocycles. The molecule has 0 saturated heterocycles. The van der Waals surface area contributed by atoms with E-state index in [4.69, 9.17) is 0 Å². The fraction of sp³-hybridized carbons (Fsp3) is 0.176. The van der Waals surface area contributed by atoms with Crippen LogP contribution in [0.2, 0.25) is 0 Å². The zero-order valence-corrected chi connectivity index (χ0v) is 14.3. The normalized spacial score (nSPS) is 10.6. The zero-order valence-electron chi connectivity index (χ0n) is 13.5. The number of carbonyl (C=O) groups is 2. The average molecular weight is 356 g/mol. The van der Waals surface area contributed by atoms with Crippen molar-refractivity contribution in [3.8, 4) is 0 Å². The van der Waals surface area contributed by atoms with E-state index in [-0.39, 0.29) is 23.6 Å². The van der Waals surface area contributed by atoms with E-state index in [2.05, 4.69) is 16.0 Å². The second-order valence-electron chi connectivity index (χ2n) is 5.27. The molecule has 7 nitrogen and oxygen atoms in total.